The van der Waals surface area contributed by atoms with E-state index in [9.17, 15) is 4.79 Å². The Balaban J connectivity index is 1.61. The first-order valence-corrected chi connectivity index (χ1v) is 8.40. The summed E-state index contributed by atoms with van der Waals surface area (Å²) in [5.41, 5.74) is 2.78. The molecule has 0 N–H and O–H groups in total. The van der Waals surface area contributed by atoms with E-state index >= 15 is 0 Å². The molecule has 0 atom stereocenters. The van der Waals surface area contributed by atoms with Gasteiger partial charge in [-0.05, 0) is 30.5 Å². The molecule has 2 aromatic carbocycles. The van der Waals surface area contributed by atoms with Gasteiger partial charge in [-0.2, -0.15) is 0 Å². The zero-order chi connectivity index (χ0) is 16.9. The summed E-state index contributed by atoms with van der Waals surface area (Å²) in [5, 5.41) is 4.67. The van der Waals surface area contributed by atoms with Crippen LogP contribution in [0.5, 0.6) is 0 Å². The molecule has 24 heavy (non-hydrogen) atoms. The molecule has 0 bridgehead atoms. The molecule has 6 heteroatoms. The molecule has 2 aromatic rings. The summed E-state index contributed by atoms with van der Waals surface area (Å²) in [4.78, 5) is 19.3. The molecule has 0 fully saturated rings. The monoisotopic (exact) mass is 362 g/mol. The zero-order valence-corrected chi connectivity index (χ0v) is 14.4. The van der Waals surface area contributed by atoms with Crippen LogP contribution in [0.3, 0.4) is 0 Å². The number of carbonyl (C=O) groups is 1. The molecule has 4 nitrogen and oxygen atoms in total. The highest BCUT2D eigenvalue weighted by Crippen LogP contribution is 2.27. The number of hydrogen-bond acceptors (Lipinski definition) is 3. The number of benzene rings is 2. The number of aryl methyl sites for hydroxylation is 1. The molecule has 124 valence electrons. The molecule has 1 amide bonds. The molecular weight excluding hydrogens is 347 g/mol. The molecule has 1 aliphatic rings. The Bertz CT molecular complexity index is 777. The van der Waals surface area contributed by atoms with Gasteiger partial charge in [-0.1, -0.05) is 58.7 Å². The van der Waals surface area contributed by atoms with E-state index in [0.29, 0.717) is 22.2 Å². The molecule has 1 aliphatic heterocycles. The van der Waals surface area contributed by atoms with Crippen molar-refractivity contribution in [2.24, 2.45) is 5.16 Å². The minimum absolute atomic E-state index is 0.114. The summed E-state index contributed by atoms with van der Waals surface area (Å²) in [6, 6.07) is 13.2. The minimum Gasteiger partial charge on any atom is -0.386 e. The molecule has 0 aliphatic carbocycles. The van der Waals surface area contributed by atoms with Crippen LogP contribution in [0.25, 0.3) is 0 Å². The molecule has 1 heterocycles. The van der Waals surface area contributed by atoms with Crippen molar-refractivity contribution in [1.82, 2.24) is 0 Å². The lowest BCUT2D eigenvalue weighted by Gasteiger charge is -2.28. The lowest BCUT2D eigenvalue weighted by Crippen LogP contribution is -2.37. The highest BCUT2D eigenvalue weighted by molar-refractivity contribution is 6.43. The number of amides is 1. The summed E-state index contributed by atoms with van der Waals surface area (Å²) >= 11 is 12.0. The van der Waals surface area contributed by atoms with Crippen LogP contribution in [0.2, 0.25) is 10.0 Å². The van der Waals surface area contributed by atoms with E-state index in [-0.39, 0.29) is 12.5 Å². The van der Waals surface area contributed by atoms with Crippen LogP contribution >= 0.6 is 23.2 Å². The normalized spacial score (nSPS) is 13.8. The molecule has 0 aromatic heterocycles. The van der Waals surface area contributed by atoms with Crippen LogP contribution in [0.4, 0.5) is 5.69 Å². The number of nitrogens with zero attached hydrogens (tertiary/aromatic N) is 2. The molecule has 0 saturated carbocycles. The van der Waals surface area contributed by atoms with E-state index in [1.54, 1.807) is 23.1 Å². The minimum atomic E-state index is -0.122. The maximum Gasteiger partial charge on any atom is 0.267 e. The molecule has 0 unspecified atom stereocenters. The molecule has 0 radical (unpaired) electrons. The van der Waals surface area contributed by atoms with Crippen molar-refractivity contribution < 1.29 is 9.63 Å². The SMILES string of the molecule is O=C(CO/N=C\c1cccc(Cl)c1Cl)N1CCCc2ccccc21. The molecule has 3 rings (SSSR count). The third-order valence-electron chi connectivity index (χ3n) is 3.85. The third kappa shape index (κ3) is 3.71. The summed E-state index contributed by atoms with van der Waals surface area (Å²) in [6.07, 6.45) is 3.39. The Hall–Kier alpha value is -2.04. The van der Waals surface area contributed by atoms with Gasteiger partial charge in [0.2, 0.25) is 0 Å². The summed E-state index contributed by atoms with van der Waals surface area (Å²) in [5.74, 6) is -0.114. The number of hydrogen-bond donors (Lipinski definition) is 0. The molecule has 0 spiro atoms. The van der Waals surface area contributed by atoms with E-state index in [0.717, 1.165) is 18.5 Å². The van der Waals surface area contributed by atoms with Crippen molar-refractivity contribution in [3.05, 3.63) is 63.6 Å². The Labute approximate surface area is 150 Å². The van der Waals surface area contributed by atoms with Crippen molar-refractivity contribution in [3.8, 4) is 0 Å². The Morgan fingerprint density at radius 2 is 2.04 bits per heavy atom. The fraction of sp³-hybridized carbons (Fsp3) is 0.222. The van der Waals surface area contributed by atoms with Crippen molar-refractivity contribution in [2.75, 3.05) is 18.1 Å². The van der Waals surface area contributed by atoms with Gasteiger partial charge in [-0.25, -0.2) is 0 Å². The number of para-hydroxylation sites is 1. The number of carbonyl (C=O) groups excluding carboxylic acids is 1. The van der Waals surface area contributed by atoms with E-state index < -0.39 is 0 Å². The lowest BCUT2D eigenvalue weighted by molar-refractivity contribution is -0.123. The first kappa shape index (κ1) is 16.8. The van der Waals surface area contributed by atoms with Gasteiger partial charge in [0.1, 0.15) is 0 Å². The second kappa shape index (κ2) is 7.69. The summed E-state index contributed by atoms with van der Waals surface area (Å²) < 4.78 is 0. The first-order valence-electron chi connectivity index (χ1n) is 7.64. The maximum atomic E-state index is 12.4. The number of fused-ring (bicyclic) bond motifs is 1. The van der Waals surface area contributed by atoms with Crippen LogP contribution in [-0.2, 0) is 16.1 Å². The third-order valence-corrected chi connectivity index (χ3v) is 4.68. The summed E-state index contributed by atoms with van der Waals surface area (Å²) in [6.45, 7) is 0.575. The lowest BCUT2D eigenvalue weighted by atomic mass is 10.0. The average molecular weight is 363 g/mol. The predicted octanol–water partition coefficient (Wildman–Crippen LogP) is 4.32. The van der Waals surface area contributed by atoms with Gasteiger partial charge in [-0.15, -0.1) is 0 Å². The second-order valence-corrected chi connectivity index (χ2v) is 6.21. The number of oxime groups is 1. The van der Waals surface area contributed by atoms with Gasteiger partial charge in [-0.3, -0.25) is 4.79 Å². The summed E-state index contributed by atoms with van der Waals surface area (Å²) in [7, 11) is 0. The van der Waals surface area contributed by atoms with Crippen LogP contribution < -0.4 is 4.90 Å². The van der Waals surface area contributed by atoms with Crippen molar-refractivity contribution >= 4 is 41.0 Å². The highest BCUT2D eigenvalue weighted by atomic mass is 35.5. The first-order chi connectivity index (χ1) is 11.7. The largest absolute Gasteiger partial charge is 0.386 e. The Morgan fingerprint density at radius 1 is 1.21 bits per heavy atom. The van der Waals surface area contributed by atoms with Crippen LogP contribution in [0.15, 0.2) is 47.6 Å². The highest BCUT2D eigenvalue weighted by Gasteiger charge is 2.22. The standard InChI is InChI=1S/C18H16Cl2N2O2/c19-15-8-3-6-14(18(15)20)11-21-24-12-17(23)22-10-4-7-13-5-1-2-9-16(13)22/h1-3,5-6,8-9,11H,4,7,10,12H2/b21-11-. The maximum absolute atomic E-state index is 12.4. The van der Waals surface area contributed by atoms with Crippen molar-refractivity contribution in [1.29, 1.82) is 0 Å². The molecule has 0 saturated heterocycles. The zero-order valence-electron chi connectivity index (χ0n) is 12.9. The second-order valence-electron chi connectivity index (χ2n) is 5.43. The fourth-order valence-corrected chi connectivity index (χ4v) is 3.03. The van der Waals surface area contributed by atoms with E-state index in [1.165, 1.54) is 11.8 Å². The smallest absolute Gasteiger partial charge is 0.267 e. The average Bonchev–Trinajstić information content (AvgIpc) is 2.61. The molecular formula is C18H16Cl2N2O2. The van der Waals surface area contributed by atoms with Gasteiger partial charge < -0.3 is 9.74 Å². The van der Waals surface area contributed by atoms with Gasteiger partial charge in [0.25, 0.3) is 5.91 Å². The topological polar surface area (TPSA) is 41.9 Å². The predicted molar refractivity (Wildman–Crippen MR) is 97.1 cm³/mol. The van der Waals surface area contributed by atoms with Crippen LogP contribution in [0.1, 0.15) is 17.5 Å². The number of rotatable bonds is 4. The van der Waals surface area contributed by atoms with Gasteiger partial charge in [0.15, 0.2) is 6.61 Å². The van der Waals surface area contributed by atoms with E-state index in [2.05, 4.69) is 11.2 Å². The van der Waals surface area contributed by atoms with Gasteiger partial charge >= 0.3 is 0 Å². The number of halogens is 2. The van der Waals surface area contributed by atoms with E-state index in [1.807, 2.05) is 18.2 Å². The van der Waals surface area contributed by atoms with Gasteiger partial charge in [0.05, 0.1) is 16.3 Å². The van der Waals surface area contributed by atoms with Crippen molar-refractivity contribution in [2.45, 2.75) is 12.8 Å². The Kier molecular flexibility index (Phi) is 5.38. The number of anilines is 1. The van der Waals surface area contributed by atoms with Crippen molar-refractivity contribution in [3.63, 3.8) is 0 Å². The van der Waals surface area contributed by atoms with Gasteiger partial charge in [0, 0.05) is 17.8 Å². The quantitative estimate of drug-likeness (QED) is 0.600. The van der Waals surface area contributed by atoms with Crippen LogP contribution in [0, 0.1) is 0 Å². The van der Waals surface area contributed by atoms with E-state index in [4.69, 9.17) is 28.0 Å². The van der Waals surface area contributed by atoms with Crippen LogP contribution in [-0.4, -0.2) is 25.3 Å². The fourth-order valence-electron chi connectivity index (χ4n) is 2.68. The Morgan fingerprint density at radius 3 is 2.92 bits per heavy atom.